The average molecular weight is 342 g/mol. The topological polar surface area (TPSA) is 98.5 Å². The zero-order chi connectivity index (χ0) is 17.8. The third-order valence-corrected chi connectivity index (χ3v) is 4.23. The van der Waals surface area contributed by atoms with Crippen molar-refractivity contribution < 1.29 is 14.5 Å². The van der Waals surface area contributed by atoms with Gasteiger partial charge in [0, 0.05) is 36.0 Å². The standard InChI is InChI=1S/C17H18N4O4/c1-12-14(6-2-7-15(12)21(23)24)17(22)20-10-4-5-13(11-20)25-16-8-3-9-18-19-16/h2-3,6-9,13H,4-5,10-11H2,1H3. The summed E-state index contributed by atoms with van der Waals surface area (Å²) in [7, 11) is 0. The Balaban J connectivity index is 1.74. The summed E-state index contributed by atoms with van der Waals surface area (Å²) in [6.45, 7) is 2.61. The van der Waals surface area contributed by atoms with Crippen molar-refractivity contribution >= 4 is 11.6 Å². The average Bonchev–Trinajstić information content (AvgIpc) is 2.62. The number of aromatic nitrogens is 2. The van der Waals surface area contributed by atoms with Crippen molar-refractivity contribution in [1.82, 2.24) is 15.1 Å². The summed E-state index contributed by atoms with van der Waals surface area (Å²) in [6.07, 6.45) is 3.00. The third-order valence-electron chi connectivity index (χ3n) is 4.23. The van der Waals surface area contributed by atoms with Crippen LogP contribution in [-0.4, -0.2) is 45.1 Å². The van der Waals surface area contributed by atoms with E-state index in [0.717, 1.165) is 12.8 Å². The first-order valence-corrected chi connectivity index (χ1v) is 8.04. The largest absolute Gasteiger partial charge is 0.471 e. The molecular weight excluding hydrogens is 324 g/mol. The van der Waals surface area contributed by atoms with E-state index >= 15 is 0 Å². The Morgan fingerprint density at radius 2 is 2.20 bits per heavy atom. The van der Waals surface area contributed by atoms with Gasteiger partial charge in [0.15, 0.2) is 0 Å². The molecule has 130 valence electrons. The fraction of sp³-hybridized carbons (Fsp3) is 0.353. The Morgan fingerprint density at radius 3 is 2.92 bits per heavy atom. The van der Waals surface area contributed by atoms with E-state index in [4.69, 9.17) is 4.74 Å². The fourth-order valence-corrected chi connectivity index (χ4v) is 2.96. The summed E-state index contributed by atoms with van der Waals surface area (Å²) >= 11 is 0. The predicted octanol–water partition coefficient (Wildman–Crippen LogP) is 2.38. The molecule has 1 aromatic carbocycles. The molecule has 1 saturated heterocycles. The number of ether oxygens (including phenoxy) is 1. The number of nitro benzene ring substituents is 1. The number of nitrogens with zero attached hydrogens (tertiary/aromatic N) is 4. The van der Waals surface area contributed by atoms with E-state index in [0.29, 0.717) is 30.1 Å². The van der Waals surface area contributed by atoms with Crippen LogP contribution >= 0.6 is 0 Å². The lowest BCUT2D eigenvalue weighted by Crippen LogP contribution is -2.44. The van der Waals surface area contributed by atoms with Gasteiger partial charge in [-0.3, -0.25) is 14.9 Å². The first-order valence-electron chi connectivity index (χ1n) is 8.04. The fourth-order valence-electron chi connectivity index (χ4n) is 2.96. The number of hydrogen-bond donors (Lipinski definition) is 0. The van der Waals surface area contributed by atoms with Gasteiger partial charge in [-0.25, -0.2) is 0 Å². The molecule has 0 aliphatic carbocycles. The Bertz CT molecular complexity index is 781. The van der Waals surface area contributed by atoms with Crippen LogP contribution < -0.4 is 4.74 Å². The Labute approximate surface area is 144 Å². The highest BCUT2D eigenvalue weighted by atomic mass is 16.6. The number of benzene rings is 1. The lowest BCUT2D eigenvalue weighted by Gasteiger charge is -2.32. The van der Waals surface area contributed by atoms with Gasteiger partial charge in [-0.2, -0.15) is 5.10 Å². The second-order valence-electron chi connectivity index (χ2n) is 5.90. The number of hydrogen-bond acceptors (Lipinski definition) is 6. The molecule has 8 heteroatoms. The molecule has 1 aromatic heterocycles. The first-order chi connectivity index (χ1) is 12.1. The summed E-state index contributed by atoms with van der Waals surface area (Å²) in [5.74, 6) is 0.210. The van der Waals surface area contributed by atoms with Crippen LogP contribution in [0.25, 0.3) is 0 Å². The summed E-state index contributed by atoms with van der Waals surface area (Å²) in [6, 6.07) is 8.02. The molecular formula is C17H18N4O4. The van der Waals surface area contributed by atoms with E-state index in [1.54, 1.807) is 36.2 Å². The number of likely N-dealkylation sites (tertiary alicyclic amines) is 1. The third kappa shape index (κ3) is 3.73. The Morgan fingerprint density at radius 1 is 1.36 bits per heavy atom. The van der Waals surface area contributed by atoms with Crippen LogP contribution in [0.5, 0.6) is 5.88 Å². The highest BCUT2D eigenvalue weighted by Crippen LogP contribution is 2.24. The van der Waals surface area contributed by atoms with Crippen LogP contribution in [0.1, 0.15) is 28.8 Å². The number of nitro groups is 1. The Hall–Kier alpha value is -3.03. The van der Waals surface area contributed by atoms with Crippen molar-refractivity contribution in [3.05, 3.63) is 57.8 Å². The molecule has 1 aliphatic rings. The number of carbonyl (C=O) groups excluding carboxylic acids is 1. The van der Waals surface area contributed by atoms with Crippen molar-refractivity contribution in [3.63, 3.8) is 0 Å². The van der Waals surface area contributed by atoms with Crippen LogP contribution in [0.3, 0.4) is 0 Å². The van der Waals surface area contributed by atoms with Gasteiger partial charge in [0.1, 0.15) is 6.10 Å². The van der Waals surface area contributed by atoms with Gasteiger partial charge in [0.2, 0.25) is 5.88 Å². The van der Waals surface area contributed by atoms with Crippen molar-refractivity contribution in [2.75, 3.05) is 13.1 Å². The molecule has 0 saturated carbocycles. The van der Waals surface area contributed by atoms with Crippen molar-refractivity contribution in [2.24, 2.45) is 0 Å². The number of piperidine rings is 1. The number of amides is 1. The molecule has 3 rings (SSSR count). The molecule has 8 nitrogen and oxygen atoms in total. The molecule has 1 fully saturated rings. The normalized spacial score (nSPS) is 17.2. The second-order valence-corrected chi connectivity index (χ2v) is 5.90. The van der Waals surface area contributed by atoms with Gasteiger partial charge in [0.05, 0.1) is 11.5 Å². The van der Waals surface area contributed by atoms with E-state index in [2.05, 4.69) is 10.2 Å². The predicted molar refractivity (Wildman–Crippen MR) is 89.4 cm³/mol. The molecule has 1 unspecified atom stereocenters. The second kappa shape index (κ2) is 7.25. The molecule has 1 atom stereocenters. The van der Waals surface area contributed by atoms with Crippen molar-refractivity contribution in [2.45, 2.75) is 25.9 Å². The smallest absolute Gasteiger partial charge is 0.273 e. The minimum Gasteiger partial charge on any atom is -0.471 e. The van der Waals surface area contributed by atoms with E-state index in [1.807, 2.05) is 0 Å². The van der Waals surface area contributed by atoms with Gasteiger partial charge in [-0.1, -0.05) is 6.07 Å². The van der Waals surface area contributed by atoms with Crippen LogP contribution in [0.2, 0.25) is 0 Å². The van der Waals surface area contributed by atoms with Crippen molar-refractivity contribution in [1.29, 1.82) is 0 Å². The minimum atomic E-state index is -0.470. The molecule has 1 aliphatic heterocycles. The maximum absolute atomic E-state index is 12.8. The summed E-state index contributed by atoms with van der Waals surface area (Å²) in [5, 5.41) is 18.7. The first kappa shape index (κ1) is 16.8. The van der Waals surface area contributed by atoms with Gasteiger partial charge in [-0.15, -0.1) is 5.10 Å². The molecule has 25 heavy (non-hydrogen) atoms. The van der Waals surface area contributed by atoms with Crippen LogP contribution in [0, 0.1) is 17.0 Å². The molecule has 0 N–H and O–H groups in total. The van der Waals surface area contributed by atoms with E-state index in [9.17, 15) is 14.9 Å². The zero-order valence-electron chi connectivity index (χ0n) is 13.8. The van der Waals surface area contributed by atoms with E-state index < -0.39 is 4.92 Å². The monoisotopic (exact) mass is 342 g/mol. The molecule has 1 amide bonds. The molecule has 0 bridgehead atoms. The summed E-state index contributed by atoms with van der Waals surface area (Å²) in [4.78, 5) is 25.1. The van der Waals surface area contributed by atoms with Crippen LogP contribution in [-0.2, 0) is 0 Å². The maximum atomic E-state index is 12.8. The zero-order valence-corrected chi connectivity index (χ0v) is 13.8. The van der Waals surface area contributed by atoms with Gasteiger partial charge >= 0.3 is 0 Å². The molecule has 2 aromatic rings. The molecule has 2 heterocycles. The SMILES string of the molecule is Cc1c(C(=O)N2CCCC(Oc3cccnn3)C2)cccc1[N+](=O)[O-]. The van der Waals surface area contributed by atoms with Crippen LogP contribution in [0.4, 0.5) is 5.69 Å². The highest BCUT2D eigenvalue weighted by molar-refractivity contribution is 5.96. The van der Waals surface area contributed by atoms with Gasteiger partial charge < -0.3 is 9.64 Å². The Kier molecular flexibility index (Phi) is 4.87. The van der Waals surface area contributed by atoms with E-state index in [-0.39, 0.29) is 17.7 Å². The lowest BCUT2D eigenvalue weighted by molar-refractivity contribution is -0.385. The quantitative estimate of drug-likeness (QED) is 0.625. The van der Waals surface area contributed by atoms with E-state index in [1.165, 1.54) is 12.1 Å². The van der Waals surface area contributed by atoms with Crippen LogP contribution in [0.15, 0.2) is 36.5 Å². The number of rotatable bonds is 4. The summed E-state index contributed by atoms with van der Waals surface area (Å²) in [5.41, 5.74) is 0.694. The lowest BCUT2D eigenvalue weighted by atomic mass is 10.0. The molecule has 0 spiro atoms. The minimum absolute atomic E-state index is 0.0461. The summed E-state index contributed by atoms with van der Waals surface area (Å²) < 4.78 is 5.79. The van der Waals surface area contributed by atoms with Crippen molar-refractivity contribution in [3.8, 4) is 5.88 Å². The van der Waals surface area contributed by atoms with Gasteiger partial charge in [-0.05, 0) is 31.9 Å². The molecule has 0 radical (unpaired) electrons. The highest BCUT2D eigenvalue weighted by Gasteiger charge is 2.28. The maximum Gasteiger partial charge on any atom is 0.273 e. The number of carbonyl (C=O) groups is 1. The van der Waals surface area contributed by atoms with Gasteiger partial charge in [0.25, 0.3) is 11.6 Å².